The Morgan fingerprint density at radius 2 is 1.56 bits per heavy atom. The van der Waals surface area contributed by atoms with E-state index in [0.29, 0.717) is 12.1 Å². The summed E-state index contributed by atoms with van der Waals surface area (Å²) in [6.45, 7) is 0.345. The Hall–Kier alpha value is -1.03. The highest BCUT2D eigenvalue weighted by Gasteiger charge is 2.35. The smallest absolute Gasteiger partial charge is 0.194 e. The number of hydrogen-bond donors (Lipinski definition) is 1. The van der Waals surface area contributed by atoms with Gasteiger partial charge in [-0.3, -0.25) is 0 Å². The molecule has 1 fully saturated rings. The van der Waals surface area contributed by atoms with Crippen LogP contribution in [0.1, 0.15) is 31.2 Å². The molecule has 1 nitrogen and oxygen atoms in total. The summed E-state index contributed by atoms with van der Waals surface area (Å²) in [5.74, 6) is -3.67. The van der Waals surface area contributed by atoms with Crippen LogP contribution in [-0.2, 0) is 5.41 Å². The molecule has 16 heavy (non-hydrogen) atoms. The van der Waals surface area contributed by atoms with Crippen LogP contribution in [0.25, 0.3) is 0 Å². The monoisotopic (exact) mass is 229 g/mol. The van der Waals surface area contributed by atoms with Gasteiger partial charge in [-0.15, -0.1) is 0 Å². The van der Waals surface area contributed by atoms with Gasteiger partial charge in [-0.25, -0.2) is 13.2 Å². The molecule has 2 N–H and O–H groups in total. The molecule has 0 unspecified atom stereocenters. The minimum Gasteiger partial charge on any atom is -0.330 e. The highest BCUT2D eigenvalue weighted by molar-refractivity contribution is 5.29. The van der Waals surface area contributed by atoms with Crippen molar-refractivity contribution in [3.63, 3.8) is 0 Å². The van der Waals surface area contributed by atoms with Gasteiger partial charge in [0, 0.05) is 12.0 Å². The predicted octanol–water partition coefficient (Wildman–Crippen LogP) is 2.87. The molecule has 0 aliphatic heterocycles. The lowest BCUT2D eigenvalue weighted by molar-refractivity contribution is 0.418. The molecule has 0 aromatic heterocycles. The molecule has 88 valence electrons. The van der Waals surface area contributed by atoms with Gasteiger partial charge in [0.25, 0.3) is 0 Å². The maximum atomic E-state index is 13.1. The van der Waals surface area contributed by atoms with Gasteiger partial charge < -0.3 is 5.73 Å². The van der Waals surface area contributed by atoms with E-state index in [9.17, 15) is 13.2 Å². The van der Waals surface area contributed by atoms with E-state index in [0.717, 1.165) is 37.8 Å². The topological polar surface area (TPSA) is 26.0 Å². The minimum absolute atomic E-state index is 0.345. The fourth-order valence-corrected chi connectivity index (χ4v) is 2.52. The third kappa shape index (κ3) is 1.71. The van der Waals surface area contributed by atoms with Crippen molar-refractivity contribution in [1.29, 1.82) is 0 Å². The summed E-state index contributed by atoms with van der Waals surface area (Å²) in [6.07, 6.45) is 3.62. The van der Waals surface area contributed by atoms with Gasteiger partial charge in [0.05, 0.1) is 0 Å². The Kier molecular flexibility index (Phi) is 2.93. The number of halogens is 3. The van der Waals surface area contributed by atoms with Crippen molar-refractivity contribution >= 4 is 0 Å². The molecule has 2 rings (SSSR count). The van der Waals surface area contributed by atoms with E-state index >= 15 is 0 Å². The quantitative estimate of drug-likeness (QED) is 0.775. The van der Waals surface area contributed by atoms with Gasteiger partial charge in [-0.1, -0.05) is 12.8 Å². The van der Waals surface area contributed by atoms with E-state index in [1.54, 1.807) is 0 Å². The van der Waals surface area contributed by atoms with E-state index in [1.165, 1.54) is 0 Å². The molecule has 0 radical (unpaired) electrons. The number of nitrogens with two attached hydrogens (primary N) is 1. The van der Waals surface area contributed by atoms with Gasteiger partial charge in [0.2, 0.25) is 0 Å². The van der Waals surface area contributed by atoms with Crippen LogP contribution in [0.2, 0.25) is 0 Å². The second-order valence-corrected chi connectivity index (χ2v) is 4.45. The predicted molar refractivity (Wildman–Crippen MR) is 55.5 cm³/mol. The van der Waals surface area contributed by atoms with Crippen molar-refractivity contribution in [3.8, 4) is 0 Å². The molecule has 1 saturated carbocycles. The van der Waals surface area contributed by atoms with E-state index in [1.807, 2.05) is 0 Å². The van der Waals surface area contributed by atoms with Crippen molar-refractivity contribution in [2.45, 2.75) is 31.1 Å². The summed E-state index contributed by atoms with van der Waals surface area (Å²) in [4.78, 5) is 0. The minimum atomic E-state index is -1.41. The standard InChI is InChI=1S/C12H14F3N/c13-9-5-8(6-10(14)11(9)15)12(7-16)3-1-2-4-12/h5-6H,1-4,7,16H2. The van der Waals surface area contributed by atoms with E-state index < -0.39 is 17.5 Å². The first kappa shape index (κ1) is 11.5. The van der Waals surface area contributed by atoms with Gasteiger partial charge in [0.1, 0.15) is 0 Å². The Balaban J connectivity index is 2.47. The average Bonchev–Trinajstić information content (AvgIpc) is 2.75. The number of benzene rings is 1. The van der Waals surface area contributed by atoms with Gasteiger partial charge in [-0.05, 0) is 30.5 Å². The molecule has 0 spiro atoms. The second kappa shape index (κ2) is 4.09. The van der Waals surface area contributed by atoms with Crippen molar-refractivity contribution < 1.29 is 13.2 Å². The fourth-order valence-electron chi connectivity index (χ4n) is 2.52. The van der Waals surface area contributed by atoms with Crippen molar-refractivity contribution in [3.05, 3.63) is 35.1 Å². The molecule has 0 amide bonds. The Bertz CT molecular complexity index is 374. The van der Waals surface area contributed by atoms with E-state index in [2.05, 4.69) is 0 Å². The SMILES string of the molecule is NCC1(c2cc(F)c(F)c(F)c2)CCCC1. The van der Waals surface area contributed by atoms with Gasteiger partial charge in [-0.2, -0.15) is 0 Å². The number of rotatable bonds is 2. The van der Waals surface area contributed by atoms with E-state index in [-0.39, 0.29) is 5.41 Å². The largest absolute Gasteiger partial charge is 0.330 e. The summed E-state index contributed by atoms with van der Waals surface area (Å²) in [6, 6.07) is 2.16. The Morgan fingerprint density at radius 3 is 2.00 bits per heavy atom. The third-order valence-electron chi connectivity index (χ3n) is 3.55. The zero-order valence-corrected chi connectivity index (χ0v) is 8.90. The summed E-state index contributed by atoms with van der Waals surface area (Å²) < 4.78 is 39.1. The normalized spacial score (nSPS) is 19.0. The molecule has 0 saturated heterocycles. The van der Waals surface area contributed by atoms with Crippen LogP contribution in [-0.4, -0.2) is 6.54 Å². The Labute approximate surface area is 92.5 Å². The van der Waals surface area contributed by atoms with Gasteiger partial charge in [0.15, 0.2) is 17.5 Å². The second-order valence-electron chi connectivity index (χ2n) is 4.45. The molecule has 4 heteroatoms. The molecule has 1 aromatic carbocycles. The lowest BCUT2D eigenvalue weighted by Gasteiger charge is -2.28. The van der Waals surface area contributed by atoms with Crippen molar-refractivity contribution in [2.75, 3.05) is 6.54 Å². The third-order valence-corrected chi connectivity index (χ3v) is 3.55. The summed E-state index contributed by atoms with van der Waals surface area (Å²) in [5.41, 5.74) is 5.82. The Morgan fingerprint density at radius 1 is 1.06 bits per heavy atom. The summed E-state index contributed by atoms with van der Waals surface area (Å²) in [7, 11) is 0. The zero-order valence-electron chi connectivity index (χ0n) is 8.90. The molecule has 0 heterocycles. The molecule has 1 aliphatic carbocycles. The first-order valence-corrected chi connectivity index (χ1v) is 5.44. The van der Waals surface area contributed by atoms with Crippen LogP contribution in [0.4, 0.5) is 13.2 Å². The van der Waals surface area contributed by atoms with Crippen LogP contribution in [0.15, 0.2) is 12.1 Å². The van der Waals surface area contributed by atoms with E-state index in [4.69, 9.17) is 5.73 Å². The maximum absolute atomic E-state index is 13.1. The lowest BCUT2D eigenvalue weighted by atomic mass is 9.79. The van der Waals surface area contributed by atoms with Crippen LogP contribution >= 0.6 is 0 Å². The van der Waals surface area contributed by atoms with Crippen LogP contribution in [0.3, 0.4) is 0 Å². The average molecular weight is 229 g/mol. The number of hydrogen-bond acceptors (Lipinski definition) is 1. The highest BCUT2D eigenvalue weighted by Crippen LogP contribution is 2.40. The summed E-state index contributed by atoms with van der Waals surface area (Å²) in [5, 5.41) is 0. The lowest BCUT2D eigenvalue weighted by Crippen LogP contribution is -2.32. The highest BCUT2D eigenvalue weighted by atomic mass is 19.2. The molecule has 0 bridgehead atoms. The van der Waals surface area contributed by atoms with Crippen LogP contribution < -0.4 is 5.73 Å². The summed E-state index contributed by atoms with van der Waals surface area (Å²) >= 11 is 0. The molecule has 0 atom stereocenters. The first-order valence-electron chi connectivity index (χ1n) is 5.44. The van der Waals surface area contributed by atoms with Crippen LogP contribution in [0.5, 0.6) is 0 Å². The molecular weight excluding hydrogens is 215 g/mol. The van der Waals surface area contributed by atoms with Crippen LogP contribution in [0, 0.1) is 17.5 Å². The molecular formula is C12H14F3N. The van der Waals surface area contributed by atoms with Gasteiger partial charge >= 0.3 is 0 Å². The molecule has 1 aromatic rings. The molecule has 1 aliphatic rings. The maximum Gasteiger partial charge on any atom is 0.194 e. The van der Waals surface area contributed by atoms with Crippen molar-refractivity contribution in [1.82, 2.24) is 0 Å². The zero-order chi connectivity index (χ0) is 11.8. The van der Waals surface area contributed by atoms with Crippen molar-refractivity contribution in [2.24, 2.45) is 5.73 Å². The first-order chi connectivity index (χ1) is 7.59. The fraction of sp³-hybridized carbons (Fsp3) is 0.500.